The molecule has 3 N–H and O–H groups in total. The zero-order valence-electron chi connectivity index (χ0n) is 14.9. The van der Waals surface area contributed by atoms with Crippen molar-refractivity contribution in [1.82, 2.24) is 10.2 Å². The molecule has 0 aromatic heterocycles. The van der Waals surface area contributed by atoms with Gasteiger partial charge in [0.05, 0.1) is 12.6 Å². The molecule has 0 fully saturated rings. The first-order chi connectivity index (χ1) is 11.6. The number of hydrogen-bond acceptors (Lipinski definition) is 2. The van der Waals surface area contributed by atoms with Gasteiger partial charge in [0.15, 0.2) is 5.96 Å². The Morgan fingerprint density at radius 2 is 1.75 bits per heavy atom. The number of rotatable bonds is 7. The summed E-state index contributed by atoms with van der Waals surface area (Å²) in [5.41, 5.74) is 9.83. The molecule has 0 amide bonds. The zero-order valence-corrected chi connectivity index (χ0v) is 14.9. The van der Waals surface area contributed by atoms with E-state index in [1.165, 1.54) is 16.7 Å². The van der Waals surface area contributed by atoms with Crippen molar-refractivity contribution in [3.63, 3.8) is 0 Å². The number of aliphatic imine (C=N–C) groups is 1. The second-order valence-electron chi connectivity index (χ2n) is 6.28. The van der Waals surface area contributed by atoms with E-state index in [1.54, 1.807) is 0 Å². The molecule has 2 rings (SSSR count). The number of benzene rings is 2. The Labute approximate surface area is 145 Å². The largest absolute Gasteiger partial charge is 0.370 e. The van der Waals surface area contributed by atoms with Crippen LogP contribution in [-0.2, 0) is 6.42 Å². The van der Waals surface area contributed by atoms with Gasteiger partial charge in [-0.05, 0) is 38.6 Å². The molecule has 0 saturated carbocycles. The molecule has 0 aliphatic heterocycles. The second kappa shape index (κ2) is 9.08. The van der Waals surface area contributed by atoms with Gasteiger partial charge in [0, 0.05) is 6.54 Å². The van der Waals surface area contributed by atoms with Crippen LogP contribution in [0, 0.1) is 6.92 Å². The fraction of sp³-hybridized carbons (Fsp3) is 0.350. The minimum atomic E-state index is 0.222. The second-order valence-corrected chi connectivity index (χ2v) is 6.28. The van der Waals surface area contributed by atoms with Gasteiger partial charge in [-0.15, -0.1) is 0 Å². The lowest BCUT2D eigenvalue weighted by Crippen LogP contribution is -2.34. The summed E-state index contributed by atoms with van der Waals surface area (Å²) in [6.45, 7) is 3.53. The van der Waals surface area contributed by atoms with Gasteiger partial charge in [0.25, 0.3) is 0 Å². The van der Waals surface area contributed by atoms with Crippen LogP contribution in [-0.4, -0.2) is 38.0 Å². The number of nitrogens with zero attached hydrogens (tertiary/aromatic N) is 2. The van der Waals surface area contributed by atoms with Crippen molar-refractivity contribution < 1.29 is 0 Å². The Hall–Kier alpha value is -2.33. The zero-order chi connectivity index (χ0) is 17.4. The summed E-state index contributed by atoms with van der Waals surface area (Å²) in [4.78, 5) is 6.69. The first-order valence-corrected chi connectivity index (χ1v) is 8.37. The van der Waals surface area contributed by atoms with Crippen molar-refractivity contribution in [2.75, 3.05) is 27.2 Å². The van der Waals surface area contributed by atoms with E-state index >= 15 is 0 Å². The molecule has 0 saturated heterocycles. The van der Waals surface area contributed by atoms with E-state index in [0.717, 1.165) is 13.0 Å². The first-order valence-electron chi connectivity index (χ1n) is 8.37. The maximum atomic E-state index is 6.01. The third kappa shape index (κ3) is 5.70. The third-order valence-corrected chi connectivity index (χ3v) is 4.08. The molecule has 128 valence electrons. The topological polar surface area (TPSA) is 53.6 Å². The summed E-state index contributed by atoms with van der Waals surface area (Å²) in [5, 5.41) is 3.20. The van der Waals surface area contributed by atoms with Gasteiger partial charge in [0.1, 0.15) is 0 Å². The SMILES string of the molecule is Cc1ccc(C(CN=C(N)NCCc2ccccc2)N(C)C)cc1. The van der Waals surface area contributed by atoms with Gasteiger partial charge in [-0.25, -0.2) is 0 Å². The van der Waals surface area contributed by atoms with Crippen LogP contribution in [0.2, 0.25) is 0 Å². The van der Waals surface area contributed by atoms with Crippen molar-refractivity contribution in [2.24, 2.45) is 10.7 Å². The quantitative estimate of drug-likeness (QED) is 0.608. The summed E-state index contributed by atoms with van der Waals surface area (Å²) >= 11 is 0. The van der Waals surface area contributed by atoms with Crippen molar-refractivity contribution in [2.45, 2.75) is 19.4 Å². The Morgan fingerprint density at radius 3 is 2.38 bits per heavy atom. The van der Waals surface area contributed by atoms with E-state index in [4.69, 9.17) is 5.73 Å². The lowest BCUT2D eigenvalue weighted by molar-refractivity contribution is 0.306. The highest BCUT2D eigenvalue weighted by Gasteiger charge is 2.13. The normalized spacial score (nSPS) is 13.1. The average Bonchev–Trinajstić information content (AvgIpc) is 2.57. The Balaban J connectivity index is 1.87. The number of nitrogens with one attached hydrogen (secondary N) is 1. The van der Waals surface area contributed by atoms with E-state index in [9.17, 15) is 0 Å². The van der Waals surface area contributed by atoms with Crippen molar-refractivity contribution in [3.8, 4) is 0 Å². The molecule has 0 radical (unpaired) electrons. The Kier molecular flexibility index (Phi) is 6.82. The van der Waals surface area contributed by atoms with E-state index in [2.05, 4.69) is 84.8 Å². The standard InChI is InChI=1S/C20H28N4/c1-16-9-11-18(12-10-16)19(24(2)3)15-23-20(21)22-14-13-17-7-5-4-6-8-17/h4-12,19H,13-15H2,1-3H3,(H3,21,22,23). The van der Waals surface area contributed by atoms with Crippen LogP contribution >= 0.6 is 0 Å². The van der Waals surface area contributed by atoms with Crippen LogP contribution < -0.4 is 11.1 Å². The lowest BCUT2D eigenvalue weighted by Gasteiger charge is -2.23. The summed E-state index contributed by atoms with van der Waals surface area (Å²) in [6, 6.07) is 19.2. The predicted molar refractivity (Wildman–Crippen MR) is 102 cm³/mol. The average molecular weight is 324 g/mol. The van der Waals surface area contributed by atoms with Gasteiger partial charge < -0.3 is 16.0 Å². The van der Waals surface area contributed by atoms with Crippen LogP contribution in [0.25, 0.3) is 0 Å². The van der Waals surface area contributed by atoms with E-state index < -0.39 is 0 Å². The van der Waals surface area contributed by atoms with Gasteiger partial charge >= 0.3 is 0 Å². The molecule has 1 unspecified atom stereocenters. The predicted octanol–water partition coefficient (Wildman–Crippen LogP) is 2.74. The molecule has 1 atom stereocenters. The molecule has 0 aliphatic carbocycles. The van der Waals surface area contributed by atoms with Crippen LogP contribution in [0.1, 0.15) is 22.7 Å². The fourth-order valence-corrected chi connectivity index (χ4v) is 2.58. The molecular weight excluding hydrogens is 296 g/mol. The van der Waals surface area contributed by atoms with Gasteiger partial charge in [-0.2, -0.15) is 0 Å². The summed E-state index contributed by atoms with van der Waals surface area (Å²) in [7, 11) is 4.14. The van der Waals surface area contributed by atoms with Gasteiger partial charge in [-0.1, -0.05) is 60.2 Å². The number of hydrogen-bond donors (Lipinski definition) is 2. The highest BCUT2D eigenvalue weighted by atomic mass is 15.1. The van der Waals surface area contributed by atoms with Gasteiger partial charge in [-0.3, -0.25) is 4.99 Å². The van der Waals surface area contributed by atoms with Crippen LogP contribution in [0.5, 0.6) is 0 Å². The minimum Gasteiger partial charge on any atom is -0.370 e. The van der Waals surface area contributed by atoms with Crippen molar-refractivity contribution >= 4 is 5.96 Å². The third-order valence-electron chi connectivity index (χ3n) is 4.08. The molecule has 0 heterocycles. The van der Waals surface area contributed by atoms with Crippen LogP contribution in [0.15, 0.2) is 59.6 Å². The van der Waals surface area contributed by atoms with Crippen LogP contribution in [0.3, 0.4) is 0 Å². The molecule has 0 aliphatic rings. The van der Waals surface area contributed by atoms with Gasteiger partial charge in [0.2, 0.25) is 0 Å². The molecular formula is C20H28N4. The Morgan fingerprint density at radius 1 is 1.08 bits per heavy atom. The fourth-order valence-electron chi connectivity index (χ4n) is 2.58. The highest BCUT2D eigenvalue weighted by Crippen LogP contribution is 2.19. The summed E-state index contributed by atoms with van der Waals surface area (Å²) in [6.07, 6.45) is 0.937. The molecule has 4 heteroatoms. The monoisotopic (exact) mass is 324 g/mol. The summed E-state index contributed by atoms with van der Waals surface area (Å²) in [5.74, 6) is 0.505. The van der Waals surface area contributed by atoms with E-state index in [-0.39, 0.29) is 6.04 Å². The first kappa shape index (κ1) is 18.0. The molecule has 2 aromatic rings. The van der Waals surface area contributed by atoms with Crippen molar-refractivity contribution in [3.05, 3.63) is 71.3 Å². The number of nitrogens with two attached hydrogens (primary N) is 1. The lowest BCUT2D eigenvalue weighted by atomic mass is 10.0. The highest BCUT2D eigenvalue weighted by molar-refractivity contribution is 5.77. The van der Waals surface area contributed by atoms with E-state index in [1.807, 2.05) is 6.07 Å². The smallest absolute Gasteiger partial charge is 0.188 e. The number of likely N-dealkylation sites (N-methyl/N-ethyl adjacent to an activating group) is 1. The molecule has 2 aromatic carbocycles. The van der Waals surface area contributed by atoms with Crippen molar-refractivity contribution in [1.29, 1.82) is 0 Å². The maximum Gasteiger partial charge on any atom is 0.188 e. The summed E-state index contributed by atoms with van der Waals surface area (Å²) < 4.78 is 0. The Bertz CT molecular complexity index is 632. The molecule has 24 heavy (non-hydrogen) atoms. The number of guanidine groups is 1. The molecule has 4 nitrogen and oxygen atoms in total. The van der Waals surface area contributed by atoms with Crippen LogP contribution in [0.4, 0.5) is 0 Å². The van der Waals surface area contributed by atoms with E-state index in [0.29, 0.717) is 12.5 Å². The maximum absolute atomic E-state index is 6.01. The molecule has 0 spiro atoms. The minimum absolute atomic E-state index is 0.222. The number of aryl methyl sites for hydroxylation is 1. The molecule has 0 bridgehead atoms.